The minimum Gasteiger partial charge on any atom is -0.364 e. The van der Waals surface area contributed by atoms with E-state index >= 15 is 0 Å². The molecule has 0 aliphatic carbocycles. The number of benzene rings is 1. The summed E-state index contributed by atoms with van der Waals surface area (Å²) in [6.07, 6.45) is 3.92. The standard InChI is InChI=1S/C18H25N.2C2H6/c1-6-12-19(17-10-8-7-9-11-17)18(13-15(2)3)14-16(4)5;2*1-2/h6-11,18H,1-2,4,12-14H2,3,5H3;2*1-2H3. The highest BCUT2D eigenvalue weighted by molar-refractivity contribution is 5.48. The van der Waals surface area contributed by atoms with Gasteiger partial charge in [-0.15, -0.1) is 19.7 Å². The van der Waals surface area contributed by atoms with Crippen molar-refractivity contribution in [2.24, 2.45) is 0 Å². The Bertz CT molecular complexity index is 415. The number of anilines is 1. The van der Waals surface area contributed by atoms with Crippen LogP contribution in [-0.4, -0.2) is 12.6 Å². The predicted molar refractivity (Wildman–Crippen MR) is 109 cm³/mol. The van der Waals surface area contributed by atoms with Gasteiger partial charge >= 0.3 is 0 Å². The summed E-state index contributed by atoms with van der Waals surface area (Å²) in [4.78, 5) is 2.39. The Morgan fingerprint density at radius 2 is 1.39 bits per heavy atom. The maximum Gasteiger partial charge on any atom is 0.0371 e. The van der Waals surface area contributed by atoms with Crippen molar-refractivity contribution in [3.8, 4) is 0 Å². The highest BCUT2D eigenvalue weighted by Gasteiger charge is 2.18. The van der Waals surface area contributed by atoms with Gasteiger partial charge in [0.2, 0.25) is 0 Å². The summed E-state index contributed by atoms with van der Waals surface area (Å²) in [6, 6.07) is 10.9. The van der Waals surface area contributed by atoms with E-state index in [-0.39, 0.29) is 0 Å². The van der Waals surface area contributed by atoms with Crippen molar-refractivity contribution in [1.82, 2.24) is 0 Å². The van der Waals surface area contributed by atoms with Crippen molar-refractivity contribution in [2.45, 2.75) is 60.4 Å². The number of hydrogen-bond donors (Lipinski definition) is 0. The maximum atomic E-state index is 4.06. The summed E-state index contributed by atoms with van der Waals surface area (Å²) < 4.78 is 0. The van der Waals surface area contributed by atoms with E-state index in [0.717, 1.165) is 19.4 Å². The van der Waals surface area contributed by atoms with Gasteiger partial charge in [0.25, 0.3) is 0 Å². The number of para-hydroxylation sites is 1. The molecular weight excluding hydrogens is 278 g/mol. The third-order valence-corrected chi connectivity index (χ3v) is 3.02. The molecule has 23 heavy (non-hydrogen) atoms. The van der Waals surface area contributed by atoms with E-state index in [2.05, 4.69) is 62.7 Å². The SMILES string of the molecule is C=CCN(c1ccccc1)C(CC(=C)C)CC(=C)C.CC.CC. The van der Waals surface area contributed by atoms with E-state index in [0.29, 0.717) is 6.04 Å². The molecule has 0 saturated heterocycles. The van der Waals surface area contributed by atoms with Crippen LogP contribution in [-0.2, 0) is 0 Å². The van der Waals surface area contributed by atoms with Gasteiger partial charge < -0.3 is 4.90 Å². The predicted octanol–water partition coefficient (Wildman–Crippen LogP) is 7.03. The van der Waals surface area contributed by atoms with Gasteiger partial charge in [0, 0.05) is 18.3 Å². The van der Waals surface area contributed by atoms with Gasteiger partial charge in [0.05, 0.1) is 0 Å². The van der Waals surface area contributed by atoms with Gasteiger partial charge in [-0.2, -0.15) is 0 Å². The Morgan fingerprint density at radius 3 is 1.74 bits per heavy atom. The van der Waals surface area contributed by atoms with Crippen LogP contribution in [0.4, 0.5) is 5.69 Å². The second-order valence-corrected chi connectivity index (χ2v) is 5.25. The van der Waals surface area contributed by atoms with Gasteiger partial charge in [-0.05, 0) is 38.8 Å². The second kappa shape index (κ2) is 15.1. The molecule has 0 aliphatic rings. The molecule has 0 amide bonds. The topological polar surface area (TPSA) is 3.24 Å². The Balaban J connectivity index is 0. The zero-order chi connectivity index (χ0) is 18.3. The molecule has 0 N–H and O–H groups in total. The molecule has 1 nitrogen and oxygen atoms in total. The molecule has 1 rings (SSSR count). The molecule has 130 valence electrons. The summed E-state index contributed by atoms with van der Waals surface area (Å²) in [6.45, 7) is 25.0. The minimum atomic E-state index is 0.399. The average Bonchev–Trinajstić information content (AvgIpc) is 2.56. The van der Waals surface area contributed by atoms with Gasteiger partial charge in [-0.1, -0.05) is 63.1 Å². The fourth-order valence-corrected chi connectivity index (χ4v) is 2.32. The van der Waals surface area contributed by atoms with Gasteiger partial charge in [-0.3, -0.25) is 0 Å². The molecule has 0 fully saturated rings. The lowest BCUT2D eigenvalue weighted by Crippen LogP contribution is -2.36. The van der Waals surface area contributed by atoms with Crippen LogP contribution in [0.3, 0.4) is 0 Å². The molecule has 0 spiro atoms. The molecule has 0 radical (unpaired) electrons. The molecule has 0 aliphatic heterocycles. The first-order valence-corrected chi connectivity index (χ1v) is 8.76. The lowest BCUT2D eigenvalue weighted by atomic mass is 9.99. The van der Waals surface area contributed by atoms with E-state index in [1.165, 1.54) is 16.8 Å². The molecule has 1 aromatic rings. The van der Waals surface area contributed by atoms with Crippen molar-refractivity contribution in [2.75, 3.05) is 11.4 Å². The number of hydrogen-bond acceptors (Lipinski definition) is 1. The molecule has 0 heterocycles. The van der Waals surface area contributed by atoms with Crippen LogP contribution in [0.25, 0.3) is 0 Å². The van der Waals surface area contributed by atoms with Crippen molar-refractivity contribution >= 4 is 5.69 Å². The second-order valence-electron chi connectivity index (χ2n) is 5.25. The normalized spacial score (nSPS) is 9.00. The van der Waals surface area contributed by atoms with Crippen LogP contribution in [0.5, 0.6) is 0 Å². The van der Waals surface area contributed by atoms with Crippen LogP contribution in [0.2, 0.25) is 0 Å². The molecular formula is C22H37N. The van der Waals surface area contributed by atoms with Crippen molar-refractivity contribution in [1.29, 1.82) is 0 Å². The fourth-order valence-electron chi connectivity index (χ4n) is 2.32. The average molecular weight is 316 g/mol. The van der Waals surface area contributed by atoms with Crippen molar-refractivity contribution in [3.63, 3.8) is 0 Å². The minimum absolute atomic E-state index is 0.399. The quantitative estimate of drug-likeness (QED) is 0.465. The molecule has 0 saturated carbocycles. The zero-order valence-electron chi connectivity index (χ0n) is 16.2. The van der Waals surface area contributed by atoms with Crippen LogP contribution < -0.4 is 4.90 Å². The van der Waals surface area contributed by atoms with Crippen LogP contribution in [0, 0.1) is 0 Å². The summed E-state index contributed by atoms with van der Waals surface area (Å²) in [5, 5.41) is 0. The fraction of sp³-hybridized carbons (Fsp3) is 0.455. The summed E-state index contributed by atoms with van der Waals surface area (Å²) in [5.41, 5.74) is 3.64. The van der Waals surface area contributed by atoms with Gasteiger partial charge in [-0.25, -0.2) is 0 Å². The molecule has 0 bridgehead atoms. The highest BCUT2D eigenvalue weighted by atomic mass is 15.2. The van der Waals surface area contributed by atoms with Gasteiger partial charge in [0.15, 0.2) is 0 Å². The lowest BCUT2D eigenvalue weighted by molar-refractivity contribution is 0.599. The molecule has 1 aromatic carbocycles. The van der Waals surface area contributed by atoms with E-state index in [1.54, 1.807) is 0 Å². The molecule has 1 heteroatoms. The van der Waals surface area contributed by atoms with Gasteiger partial charge in [0.1, 0.15) is 0 Å². The van der Waals surface area contributed by atoms with E-state index in [4.69, 9.17) is 0 Å². The summed E-state index contributed by atoms with van der Waals surface area (Å²) in [7, 11) is 0. The first-order valence-electron chi connectivity index (χ1n) is 8.76. The number of rotatable bonds is 8. The lowest BCUT2D eigenvalue weighted by Gasteiger charge is -2.33. The van der Waals surface area contributed by atoms with E-state index in [9.17, 15) is 0 Å². The first-order chi connectivity index (χ1) is 11.0. The first kappa shape index (κ1) is 23.5. The van der Waals surface area contributed by atoms with E-state index in [1.807, 2.05) is 39.8 Å². The monoisotopic (exact) mass is 315 g/mol. The zero-order valence-corrected chi connectivity index (χ0v) is 16.2. The smallest absolute Gasteiger partial charge is 0.0371 e. The largest absolute Gasteiger partial charge is 0.364 e. The maximum absolute atomic E-state index is 4.06. The van der Waals surface area contributed by atoms with E-state index < -0.39 is 0 Å². The van der Waals surface area contributed by atoms with Crippen LogP contribution in [0.15, 0.2) is 67.3 Å². The Hall–Kier alpha value is -1.76. The van der Waals surface area contributed by atoms with Crippen LogP contribution in [0.1, 0.15) is 54.4 Å². The summed E-state index contributed by atoms with van der Waals surface area (Å²) >= 11 is 0. The van der Waals surface area contributed by atoms with Crippen LogP contribution >= 0.6 is 0 Å². The third kappa shape index (κ3) is 10.6. The van der Waals surface area contributed by atoms with Crippen molar-refractivity contribution < 1.29 is 0 Å². The van der Waals surface area contributed by atoms with Crippen molar-refractivity contribution in [3.05, 3.63) is 67.3 Å². The Kier molecular flexibility index (Phi) is 15.5. The summed E-state index contributed by atoms with van der Waals surface area (Å²) in [5.74, 6) is 0. The number of nitrogens with zero attached hydrogens (tertiary/aromatic N) is 1. The highest BCUT2D eigenvalue weighted by Crippen LogP contribution is 2.24. The molecule has 0 unspecified atom stereocenters. The molecule has 0 aromatic heterocycles. The Morgan fingerprint density at radius 1 is 0.957 bits per heavy atom. The Labute approximate surface area is 145 Å². The molecule has 0 atom stereocenters. The third-order valence-electron chi connectivity index (χ3n) is 3.02.